The Morgan fingerprint density at radius 2 is 1.77 bits per heavy atom. The molecule has 0 saturated carbocycles. The molecule has 1 unspecified atom stereocenters. The number of piperidine rings is 1. The fraction of sp³-hybridized carbons (Fsp3) is 0.500. The van der Waals surface area contributed by atoms with Crippen molar-refractivity contribution in [3.8, 4) is 11.5 Å². The van der Waals surface area contributed by atoms with Gasteiger partial charge in [-0.2, -0.15) is 4.55 Å². The summed E-state index contributed by atoms with van der Waals surface area (Å²) in [6.45, 7) is 5.84. The predicted molar refractivity (Wildman–Crippen MR) is 166 cm³/mol. The van der Waals surface area contributed by atoms with Crippen LogP contribution < -0.4 is 19.9 Å². The number of anilines is 2. The van der Waals surface area contributed by atoms with Crippen LogP contribution in [0.15, 0.2) is 47.5 Å². The Kier molecular flexibility index (Phi) is 10.6. The molecular weight excluding hydrogens is 576 g/mol. The summed E-state index contributed by atoms with van der Waals surface area (Å²) in [6.07, 6.45) is 4.05. The Balaban J connectivity index is 1.62. The van der Waals surface area contributed by atoms with Crippen molar-refractivity contribution < 1.29 is 31.9 Å². The van der Waals surface area contributed by atoms with Crippen LogP contribution in [-0.4, -0.2) is 78.4 Å². The number of likely N-dealkylation sites (tertiary alicyclic amines) is 1. The summed E-state index contributed by atoms with van der Waals surface area (Å²) in [4.78, 5) is 34.4. The molecule has 234 valence electrons. The van der Waals surface area contributed by atoms with E-state index in [1.807, 2.05) is 36.9 Å². The molecule has 1 aromatic heterocycles. The second-order valence-corrected chi connectivity index (χ2v) is 12.7. The second-order valence-electron chi connectivity index (χ2n) is 11.0. The van der Waals surface area contributed by atoms with E-state index in [-0.39, 0.29) is 30.2 Å². The molecule has 1 fully saturated rings. The molecule has 1 N–H and O–H groups in total. The zero-order chi connectivity index (χ0) is 31.1. The molecule has 2 aromatic carbocycles. The number of fused-ring (bicyclic) bond motifs is 1. The van der Waals surface area contributed by atoms with Crippen molar-refractivity contribution in [2.45, 2.75) is 39.2 Å². The molecule has 1 atom stereocenters. The number of hydrogen-bond donors (Lipinski definition) is 1. The number of amides is 1. The van der Waals surface area contributed by atoms with Gasteiger partial charge in [-0.1, -0.05) is 13.8 Å². The summed E-state index contributed by atoms with van der Waals surface area (Å²) in [5.41, 5.74) is 1.88. The minimum atomic E-state index is -3.33. The van der Waals surface area contributed by atoms with E-state index in [0.29, 0.717) is 67.9 Å². The number of methoxy groups -OCH3 is 2. The van der Waals surface area contributed by atoms with Crippen molar-refractivity contribution in [1.29, 1.82) is 0 Å². The fourth-order valence-corrected chi connectivity index (χ4v) is 5.43. The van der Waals surface area contributed by atoms with Crippen LogP contribution >= 0.6 is 0 Å². The van der Waals surface area contributed by atoms with Gasteiger partial charge in [-0.15, -0.1) is 4.18 Å². The van der Waals surface area contributed by atoms with Gasteiger partial charge in [0.25, 0.3) is 5.56 Å². The molecule has 12 nitrogen and oxygen atoms in total. The van der Waals surface area contributed by atoms with E-state index in [0.717, 1.165) is 17.6 Å². The standard InChI is InChI=1S/C30H40N4O8S/c1-21(2)19-41-30(36)32-12-9-22(10-13-32)34-20-31-28-8-7-23(17-27(28)29(34)35)33(11-6-14-42-43(5,37)38)24-15-25(39-3)18-26(16-24)40-4/h7-8,15-18,20-22H,6,9-14,19H2,1-5H3/p+1. The van der Waals surface area contributed by atoms with Crippen LogP contribution in [0.4, 0.5) is 16.2 Å². The third-order valence-electron chi connectivity index (χ3n) is 7.21. The van der Waals surface area contributed by atoms with Crippen molar-refractivity contribution in [2.75, 3.05) is 58.2 Å². The van der Waals surface area contributed by atoms with Crippen LogP contribution in [0.2, 0.25) is 0 Å². The van der Waals surface area contributed by atoms with Gasteiger partial charge in [0, 0.05) is 55.2 Å². The number of nitrogens with zero attached hydrogens (tertiary/aromatic N) is 4. The SMILES string of the molecule is COc1cc(OC)cc(N(CCCO[S+](C)(=O)O)c2ccc3ncn(C4CCN(C(=O)OCC(C)C)CC4)c(=O)c3c2)c1. The molecule has 4 rings (SSSR count). The minimum Gasteiger partial charge on any atom is -0.497 e. The molecule has 0 spiro atoms. The lowest BCUT2D eigenvalue weighted by atomic mass is 10.0. The number of benzene rings is 2. The third kappa shape index (κ3) is 8.46. The number of ether oxygens (including phenoxy) is 3. The van der Waals surface area contributed by atoms with Gasteiger partial charge in [0.05, 0.1) is 38.1 Å². The van der Waals surface area contributed by atoms with Crippen LogP contribution in [0.5, 0.6) is 11.5 Å². The van der Waals surface area contributed by atoms with E-state index in [1.54, 1.807) is 48.2 Å². The number of carbonyl (C=O) groups is 1. The van der Waals surface area contributed by atoms with Gasteiger partial charge in [-0.05, 0) is 47.6 Å². The molecule has 13 heteroatoms. The first-order valence-electron chi connectivity index (χ1n) is 14.3. The summed E-state index contributed by atoms with van der Waals surface area (Å²) in [6, 6.07) is 10.9. The smallest absolute Gasteiger partial charge is 0.409 e. The maximum Gasteiger partial charge on any atom is 0.409 e. The molecule has 2 heterocycles. The van der Waals surface area contributed by atoms with Crippen molar-refractivity contribution >= 4 is 38.9 Å². The second kappa shape index (κ2) is 14.2. The lowest BCUT2D eigenvalue weighted by Crippen LogP contribution is -2.41. The Morgan fingerprint density at radius 1 is 1.09 bits per heavy atom. The van der Waals surface area contributed by atoms with E-state index >= 15 is 0 Å². The Bertz CT molecular complexity index is 1490. The largest absolute Gasteiger partial charge is 0.497 e. The first-order chi connectivity index (χ1) is 20.5. The summed E-state index contributed by atoms with van der Waals surface area (Å²) in [5, 5.41) is 0.460. The molecule has 1 aliphatic rings. The molecule has 0 bridgehead atoms. The van der Waals surface area contributed by atoms with Crippen LogP contribution in [0.25, 0.3) is 10.9 Å². The summed E-state index contributed by atoms with van der Waals surface area (Å²) in [7, 11) is -0.190. The van der Waals surface area contributed by atoms with E-state index < -0.39 is 10.5 Å². The molecule has 1 saturated heterocycles. The van der Waals surface area contributed by atoms with Crippen molar-refractivity contribution in [2.24, 2.45) is 5.92 Å². The van der Waals surface area contributed by atoms with E-state index in [4.69, 9.17) is 18.4 Å². The quantitative estimate of drug-likeness (QED) is 0.221. The summed E-state index contributed by atoms with van der Waals surface area (Å²) in [5.74, 6) is 1.44. The predicted octanol–water partition coefficient (Wildman–Crippen LogP) is 4.91. The number of hydrogen-bond acceptors (Lipinski definition) is 9. The molecule has 3 aromatic rings. The maximum absolute atomic E-state index is 13.8. The first kappa shape index (κ1) is 32.2. The van der Waals surface area contributed by atoms with Crippen LogP contribution in [0, 0.1) is 5.92 Å². The van der Waals surface area contributed by atoms with Crippen molar-refractivity contribution in [3.05, 3.63) is 53.1 Å². The topological polar surface area (TPSA) is 133 Å². The normalized spacial score (nSPS) is 15.4. The average Bonchev–Trinajstić information content (AvgIpc) is 2.99. The monoisotopic (exact) mass is 617 g/mol. The number of aromatic nitrogens is 2. The minimum absolute atomic E-state index is 0.0646. The summed E-state index contributed by atoms with van der Waals surface area (Å²) >= 11 is 0. The first-order valence-corrected chi connectivity index (χ1v) is 16.1. The number of carbonyl (C=O) groups excluding carboxylic acids is 1. The van der Waals surface area contributed by atoms with Gasteiger partial charge in [0.1, 0.15) is 18.1 Å². The van der Waals surface area contributed by atoms with Crippen molar-refractivity contribution in [3.63, 3.8) is 0 Å². The Labute approximate surface area is 253 Å². The highest BCUT2D eigenvalue weighted by atomic mass is 32.3. The van der Waals surface area contributed by atoms with Gasteiger partial charge >= 0.3 is 16.6 Å². The number of rotatable bonds is 12. The summed E-state index contributed by atoms with van der Waals surface area (Å²) < 4.78 is 44.2. The fourth-order valence-electron chi connectivity index (χ4n) is 5.00. The average molecular weight is 618 g/mol. The highest BCUT2D eigenvalue weighted by Gasteiger charge is 2.26. The van der Waals surface area contributed by atoms with Crippen molar-refractivity contribution in [1.82, 2.24) is 14.5 Å². The van der Waals surface area contributed by atoms with E-state index in [2.05, 4.69) is 4.98 Å². The van der Waals surface area contributed by atoms with Crippen LogP contribution in [0.1, 0.15) is 39.2 Å². The molecule has 43 heavy (non-hydrogen) atoms. The van der Waals surface area contributed by atoms with E-state index in [1.165, 1.54) is 0 Å². The highest BCUT2D eigenvalue weighted by molar-refractivity contribution is 7.92. The third-order valence-corrected chi connectivity index (χ3v) is 7.81. The van der Waals surface area contributed by atoms with Gasteiger partial charge in [0.15, 0.2) is 6.26 Å². The van der Waals surface area contributed by atoms with Crippen LogP contribution in [0.3, 0.4) is 0 Å². The van der Waals surface area contributed by atoms with Gasteiger partial charge < -0.3 is 24.0 Å². The van der Waals surface area contributed by atoms with Gasteiger partial charge in [0.2, 0.25) is 0 Å². The lowest BCUT2D eigenvalue weighted by Gasteiger charge is -2.32. The zero-order valence-corrected chi connectivity index (χ0v) is 26.2. The zero-order valence-electron chi connectivity index (χ0n) is 25.4. The van der Waals surface area contributed by atoms with Gasteiger partial charge in [-0.3, -0.25) is 9.36 Å². The van der Waals surface area contributed by atoms with Gasteiger partial charge in [-0.25, -0.2) is 9.78 Å². The molecular formula is C30H41N4O8S+. The lowest BCUT2D eigenvalue weighted by molar-refractivity contribution is 0.0795. The highest BCUT2D eigenvalue weighted by Crippen LogP contribution is 2.34. The molecule has 0 aliphatic carbocycles. The molecule has 0 radical (unpaired) electrons. The van der Waals surface area contributed by atoms with E-state index in [9.17, 15) is 18.4 Å². The Hall–Kier alpha value is -3.68. The maximum atomic E-state index is 13.8. The molecule has 1 aliphatic heterocycles. The Morgan fingerprint density at radius 3 is 2.37 bits per heavy atom. The van der Waals surface area contributed by atoms with Crippen LogP contribution in [-0.2, 0) is 23.6 Å². The molecule has 1 amide bonds.